The lowest BCUT2D eigenvalue weighted by Gasteiger charge is -2.08. The molecular weight excluding hydrogens is 198 g/mol. The van der Waals surface area contributed by atoms with Gasteiger partial charge in [0.2, 0.25) is 5.95 Å². The van der Waals surface area contributed by atoms with Crippen molar-refractivity contribution in [1.29, 1.82) is 0 Å². The molecule has 0 aliphatic rings. The first-order valence-electron chi connectivity index (χ1n) is 5.81. The van der Waals surface area contributed by atoms with Gasteiger partial charge in [-0.2, -0.15) is 0 Å². The van der Waals surface area contributed by atoms with E-state index in [2.05, 4.69) is 48.5 Å². The number of aromatic nitrogens is 2. The second-order valence-electron chi connectivity index (χ2n) is 4.75. The Morgan fingerprint density at radius 1 is 1.38 bits per heavy atom. The Bertz CT molecular complexity index is 497. The number of nitrogens with zero attached hydrogens (tertiary/aromatic N) is 2. The molecule has 0 fully saturated rings. The maximum atomic E-state index is 5.96. The average Bonchev–Trinajstić information content (AvgIpc) is 2.53. The number of nitrogens with two attached hydrogens (primary N) is 1. The lowest BCUT2D eigenvalue weighted by Crippen LogP contribution is -2.05. The van der Waals surface area contributed by atoms with Crippen LogP contribution in [-0.2, 0) is 6.54 Å². The lowest BCUT2D eigenvalue weighted by molar-refractivity contribution is 0.526. The summed E-state index contributed by atoms with van der Waals surface area (Å²) in [5.41, 5.74) is 9.33. The van der Waals surface area contributed by atoms with Crippen molar-refractivity contribution in [3.05, 3.63) is 23.8 Å². The summed E-state index contributed by atoms with van der Waals surface area (Å²) in [6.07, 6.45) is 1.13. The van der Waals surface area contributed by atoms with Gasteiger partial charge in [-0.25, -0.2) is 4.98 Å². The van der Waals surface area contributed by atoms with Gasteiger partial charge >= 0.3 is 0 Å². The van der Waals surface area contributed by atoms with Gasteiger partial charge in [-0.1, -0.05) is 26.0 Å². The van der Waals surface area contributed by atoms with Crippen LogP contribution in [0.15, 0.2) is 18.2 Å². The zero-order valence-electron chi connectivity index (χ0n) is 10.2. The summed E-state index contributed by atoms with van der Waals surface area (Å²) in [5.74, 6) is 1.31. The van der Waals surface area contributed by atoms with Crippen LogP contribution in [0.25, 0.3) is 11.0 Å². The normalized spacial score (nSPS) is 11.5. The van der Waals surface area contributed by atoms with Crippen LogP contribution in [0.2, 0.25) is 0 Å². The van der Waals surface area contributed by atoms with Gasteiger partial charge < -0.3 is 10.3 Å². The molecule has 0 saturated carbocycles. The van der Waals surface area contributed by atoms with Crippen molar-refractivity contribution in [2.45, 2.75) is 33.7 Å². The number of fused-ring (bicyclic) bond motifs is 1. The summed E-state index contributed by atoms with van der Waals surface area (Å²) in [7, 11) is 0. The molecule has 0 atom stereocenters. The van der Waals surface area contributed by atoms with Crippen molar-refractivity contribution >= 4 is 17.0 Å². The van der Waals surface area contributed by atoms with Crippen LogP contribution in [0.3, 0.4) is 0 Å². The molecule has 0 aliphatic carbocycles. The summed E-state index contributed by atoms with van der Waals surface area (Å²) in [6.45, 7) is 7.46. The van der Waals surface area contributed by atoms with Gasteiger partial charge in [0.25, 0.3) is 0 Å². The lowest BCUT2D eigenvalue weighted by atomic mass is 10.1. The summed E-state index contributed by atoms with van der Waals surface area (Å²) < 4.78 is 2.11. The topological polar surface area (TPSA) is 43.8 Å². The Labute approximate surface area is 96.3 Å². The van der Waals surface area contributed by atoms with E-state index in [0.29, 0.717) is 11.9 Å². The smallest absolute Gasteiger partial charge is 0.201 e. The predicted octanol–water partition coefficient (Wildman–Crippen LogP) is 2.97. The monoisotopic (exact) mass is 217 g/mol. The largest absolute Gasteiger partial charge is 0.369 e. The quantitative estimate of drug-likeness (QED) is 0.859. The van der Waals surface area contributed by atoms with Crippen LogP contribution in [-0.4, -0.2) is 9.55 Å². The minimum absolute atomic E-state index is 0.630. The van der Waals surface area contributed by atoms with Crippen LogP contribution in [0.1, 0.15) is 25.8 Å². The number of rotatable bonds is 3. The van der Waals surface area contributed by atoms with E-state index in [0.717, 1.165) is 24.0 Å². The van der Waals surface area contributed by atoms with Gasteiger partial charge in [-0.3, -0.25) is 0 Å². The summed E-state index contributed by atoms with van der Waals surface area (Å²) in [6, 6.07) is 6.22. The van der Waals surface area contributed by atoms with E-state index in [9.17, 15) is 0 Å². The van der Waals surface area contributed by atoms with E-state index in [-0.39, 0.29) is 0 Å². The van der Waals surface area contributed by atoms with E-state index in [4.69, 9.17) is 5.73 Å². The second kappa shape index (κ2) is 4.16. The molecule has 1 aromatic carbocycles. The van der Waals surface area contributed by atoms with Crippen LogP contribution >= 0.6 is 0 Å². The molecule has 86 valence electrons. The number of anilines is 1. The number of hydrogen-bond acceptors (Lipinski definition) is 2. The Kier molecular flexibility index (Phi) is 2.86. The molecule has 0 saturated heterocycles. The van der Waals surface area contributed by atoms with Crippen molar-refractivity contribution in [3.63, 3.8) is 0 Å². The molecule has 0 radical (unpaired) electrons. The number of imidazole rings is 1. The maximum absolute atomic E-state index is 5.96. The van der Waals surface area contributed by atoms with E-state index in [1.54, 1.807) is 0 Å². The third-order valence-corrected chi connectivity index (χ3v) is 2.94. The number of hydrogen-bond donors (Lipinski definition) is 1. The first-order chi connectivity index (χ1) is 7.59. The molecule has 3 heteroatoms. The third kappa shape index (κ3) is 1.90. The minimum atomic E-state index is 0.630. The van der Waals surface area contributed by atoms with Crippen LogP contribution < -0.4 is 5.73 Å². The van der Waals surface area contributed by atoms with Crippen molar-refractivity contribution in [1.82, 2.24) is 9.55 Å². The van der Waals surface area contributed by atoms with E-state index in [1.165, 1.54) is 5.56 Å². The first kappa shape index (κ1) is 11.0. The zero-order valence-corrected chi connectivity index (χ0v) is 10.2. The Morgan fingerprint density at radius 2 is 2.12 bits per heavy atom. The fraction of sp³-hybridized carbons (Fsp3) is 0.462. The standard InChI is InChI=1S/C13H19N3/c1-9(2)7-8-16-11-6-4-5-10(3)12(11)15-13(16)14/h4-6,9H,7-8H2,1-3H3,(H2,14,15). The van der Waals surface area contributed by atoms with Crippen molar-refractivity contribution < 1.29 is 0 Å². The fourth-order valence-corrected chi connectivity index (χ4v) is 1.93. The van der Waals surface area contributed by atoms with Crippen LogP contribution in [0, 0.1) is 12.8 Å². The summed E-state index contributed by atoms with van der Waals surface area (Å²) >= 11 is 0. The molecule has 0 unspecified atom stereocenters. The molecule has 2 N–H and O–H groups in total. The van der Waals surface area contributed by atoms with Gasteiger partial charge in [-0.05, 0) is 30.9 Å². The van der Waals surface area contributed by atoms with Crippen molar-refractivity contribution in [3.8, 4) is 0 Å². The minimum Gasteiger partial charge on any atom is -0.369 e. The molecule has 0 bridgehead atoms. The van der Waals surface area contributed by atoms with Gasteiger partial charge in [0, 0.05) is 6.54 Å². The molecule has 1 heterocycles. The predicted molar refractivity (Wildman–Crippen MR) is 68.3 cm³/mol. The van der Waals surface area contributed by atoms with Gasteiger partial charge in [-0.15, -0.1) is 0 Å². The number of nitrogen functional groups attached to an aromatic ring is 1. The van der Waals surface area contributed by atoms with E-state index < -0.39 is 0 Å². The van der Waals surface area contributed by atoms with Gasteiger partial charge in [0.05, 0.1) is 11.0 Å². The molecule has 0 amide bonds. The molecule has 0 aliphatic heterocycles. The second-order valence-corrected chi connectivity index (χ2v) is 4.75. The number of benzene rings is 1. The third-order valence-electron chi connectivity index (χ3n) is 2.94. The summed E-state index contributed by atoms with van der Waals surface area (Å²) in [4.78, 5) is 4.43. The Morgan fingerprint density at radius 3 is 2.81 bits per heavy atom. The summed E-state index contributed by atoms with van der Waals surface area (Å²) in [5, 5.41) is 0. The maximum Gasteiger partial charge on any atom is 0.201 e. The fourth-order valence-electron chi connectivity index (χ4n) is 1.93. The highest BCUT2D eigenvalue weighted by molar-refractivity contribution is 5.81. The molecule has 1 aromatic heterocycles. The molecule has 2 rings (SSSR count). The van der Waals surface area contributed by atoms with Crippen molar-refractivity contribution in [2.75, 3.05) is 5.73 Å². The highest BCUT2D eigenvalue weighted by atomic mass is 15.1. The average molecular weight is 217 g/mol. The van der Waals surface area contributed by atoms with E-state index >= 15 is 0 Å². The zero-order chi connectivity index (χ0) is 11.7. The first-order valence-corrected chi connectivity index (χ1v) is 5.81. The SMILES string of the molecule is Cc1cccc2c1nc(N)n2CCC(C)C. The van der Waals surface area contributed by atoms with Gasteiger partial charge in [0.1, 0.15) is 0 Å². The Balaban J connectivity index is 2.44. The highest BCUT2D eigenvalue weighted by Crippen LogP contribution is 2.21. The molecular formula is C13H19N3. The highest BCUT2D eigenvalue weighted by Gasteiger charge is 2.09. The number of para-hydroxylation sites is 1. The van der Waals surface area contributed by atoms with Crippen molar-refractivity contribution in [2.24, 2.45) is 5.92 Å². The van der Waals surface area contributed by atoms with Crippen LogP contribution in [0.5, 0.6) is 0 Å². The number of aryl methyl sites for hydroxylation is 2. The van der Waals surface area contributed by atoms with Crippen LogP contribution in [0.4, 0.5) is 5.95 Å². The van der Waals surface area contributed by atoms with E-state index in [1.807, 2.05) is 0 Å². The molecule has 16 heavy (non-hydrogen) atoms. The Hall–Kier alpha value is -1.51. The molecule has 2 aromatic rings. The molecule has 3 nitrogen and oxygen atoms in total. The molecule has 0 spiro atoms. The van der Waals surface area contributed by atoms with Gasteiger partial charge in [0.15, 0.2) is 0 Å².